The monoisotopic (exact) mass is 249 g/mol. The average molecular weight is 249 g/mol. The summed E-state index contributed by atoms with van der Waals surface area (Å²) in [7, 11) is 0. The first kappa shape index (κ1) is 12.5. The zero-order chi connectivity index (χ0) is 13.1. The molecular formula is C13H13F2N3. The fourth-order valence-corrected chi connectivity index (χ4v) is 1.85. The molecule has 0 radical (unpaired) electrons. The third-order valence-corrected chi connectivity index (χ3v) is 2.71. The average Bonchev–Trinajstić information content (AvgIpc) is 2.35. The van der Waals surface area contributed by atoms with Crippen LogP contribution in [-0.4, -0.2) is 0 Å². The Morgan fingerprint density at radius 3 is 2.39 bits per heavy atom. The molecule has 0 spiro atoms. The third kappa shape index (κ3) is 2.47. The Morgan fingerprint density at radius 2 is 1.72 bits per heavy atom. The number of rotatable bonds is 3. The van der Waals surface area contributed by atoms with Gasteiger partial charge in [-0.05, 0) is 35.9 Å². The van der Waals surface area contributed by atoms with Gasteiger partial charge >= 0.3 is 0 Å². The fraction of sp³-hybridized carbons (Fsp3) is 0.0769. The molecule has 1 atom stereocenters. The Hall–Kier alpha value is -1.98. The third-order valence-electron chi connectivity index (χ3n) is 2.71. The van der Waals surface area contributed by atoms with Gasteiger partial charge in [0.2, 0.25) is 0 Å². The maximum atomic E-state index is 13.2. The predicted molar refractivity (Wildman–Crippen MR) is 66.4 cm³/mol. The van der Waals surface area contributed by atoms with E-state index in [-0.39, 0.29) is 5.82 Å². The summed E-state index contributed by atoms with van der Waals surface area (Å²) in [6, 6.07) is 9.34. The van der Waals surface area contributed by atoms with Crippen molar-refractivity contribution < 1.29 is 8.78 Å². The van der Waals surface area contributed by atoms with Gasteiger partial charge in [0, 0.05) is 11.3 Å². The van der Waals surface area contributed by atoms with E-state index in [0.717, 1.165) is 0 Å². The molecule has 0 amide bonds. The molecule has 2 rings (SSSR count). The van der Waals surface area contributed by atoms with Crippen LogP contribution in [0.5, 0.6) is 0 Å². The summed E-state index contributed by atoms with van der Waals surface area (Å²) >= 11 is 0. The topological polar surface area (TPSA) is 64.1 Å². The molecule has 94 valence electrons. The van der Waals surface area contributed by atoms with Crippen molar-refractivity contribution in [2.45, 2.75) is 6.04 Å². The van der Waals surface area contributed by atoms with Gasteiger partial charge in [0.15, 0.2) is 0 Å². The lowest BCUT2D eigenvalue weighted by Gasteiger charge is -2.18. The van der Waals surface area contributed by atoms with E-state index in [1.165, 1.54) is 30.3 Å². The largest absolute Gasteiger partial charge is 0.398 e. The van der Waals surface area contributed by atoms with E-state index in [0.29, 0.717) is 16.8 Å². The zero-order valence-electron chi connectivity index (χ0n) is 9.53. The van der Waals surface area contributed by atoms with Crippen LogP contribution in [-0.2, 0) is 0 Å². The van der Waals surface area contributed by atoms with Gasteiger partial charge < -0.3 is 5.73 Å². The quantitative estimate of drug-likeness (QED) is 0.443. The number of hydrazine groups is 1. The van der Waals surface area contributed by atoms with Crippen molar-refractivity contribution in [3.05, 3.63) is 65.2 Å². The highest BCUT2D eigenvalue weighted by Crippen LogP contribution is 2.27. The summed E-state index contributed by atoms with van der Waals surface area (Å²) in [5.74, 6) is 4.65. The van der Waals surface area contributed by atoms with Gasteiger partial charge in [0.1, 0.15) is 11.6 Å². The molecule has 0 fully saturated rings. The van der Waals surface area contributed by atoms with Gasteiger partial charge in [0.05, 0.1) is 6.04 Å². The van der Waals surface area contributed by atoms with E-state index in [4.69, 9.17) is 11.6 Å². The molecule has 0 aliphatic rings. The lowest BCUT2D eigenvalue weighted by atomic mass is 9.97. The van der Waals surface area contributed by atoms with Gasteiger partial charge in [0.25, 0.3) is 0 Å². The van der Waals surface area contributed by atoms with Crippen LogP contribution in [0.25, 0.3) is 0 Å². The minimum atomic E-state index is -0.559. The van der Waals surface area contributed by atoms with Crippen molar-refractivity contribution in [1.82, 2.24) is 5.43 Å². The minimum Gasteiger partial charge on any atom is -0.398 e. The molecular weight excluding hydrogens is 236 g/mol. The molecule has 0 heterocycles. The molecule has 0 aliphatic carbocycles. The van der Waals surface area contributed by atoms with E-state index >= 15 is 0 Å². The smallest absolute Gasteiger partial charge is 0.123 e. The van der Waals surface area contributed by atoms with Crippen molar-refractivity contribution in [3.8, 4) is 0 Å². The van der Waals surface area contributed by atoms with Crippen LogP contribution in [0.3, 0.4) is 0 Å². The van der Waals surface area contributed by atoms with Gasteiger partial charge in [-0.3, -0.25) is 5.84 Å². The lowest BCUT2D eigenvalue weighted by molar-refractivity contribution is 0.596. The lowest BCUT2D eigenvalue weighted by Crippen LogP contribution is -2.29. The van der Waals surface area contributed by atoms with E-state index < -0.39 is 11.9 Å². The number of hydrogen-bond acceptors (Lipinski definition) is 3. The molecule has 2 aromatic carbocycles. The Morgan fingerprint density at radius 1 is 1.00 bits per heavy atom. The summed E-state index contributed by atoms with van der Waals surface area (Å²) in [5, 5.41) is 0. The van der Waals surface area contributed by atoms with Crippen LogP contribution in [0.4, 0.5) is 14.5 Å². The molecule has 0 bridgehead atoms. The number of benzene rings is 2. The Bertz CT molecular complexity index is 558. The molecule has 2 aromatic rings. The van der Waals surface area contributed by atoms with Crippen molar-refractivity contribution in [2.24, 2.45) is 5.84 Å². The molecule has 0 saturated heterocycles. The maximum absolute atomic E-state index is 13.2. The number of hydrogen-bond donors (Lipinski definition) is 3. The van der Waals surface area contributed by atoms with Gasteiger partial charge in [-0.1, -0.05) is 12.1 Å². The first-order valence-corrected chi connectivity index (χ1v) is 5.38. The van der Waals surface area contributed by atoms with Crippen molar-refractivity contribution in [2.75, 3.05) is 5.73 Å². The molecule has 0 aliphatic heterocycles. The predicted octanol–water partition coefficient (Wildman–Crippen LogP) is 2.10. The number of anilines is 1. The summed E-state index contributed by atoms with van der Waals surface area (Å²) < 4.78 is 26.4. The van der Waals surface area contributed by atoms with Crippen LogP contribution in [0.15, 0.2) is 42.5 Å². The Balaban J connectivity index is 2.48. The highest BCUT2D eigenvalue weighted by molar-refractivity contribution is 5.51. The normalized spacial score (nSPS) is 12.4. The molecule has 5 N–H and O–H groups in total. The molecule has 0 aromatic heterocycles. The van der Waals surface area contributed by atoms with E-state index in [1.54, 1.807) is 12.1 Å². The van der Waals surface area contributed by atoms with Crippen molar-refractivity contribution in [1.29, 1.82) is 0 Å². The zero-order valence-corrected chi connectivity index (χ0v) is 9.53. The van der Waals surface area contributed by atoms with Crippen LogP contribution in [0.2, 0.25) is 0 Å². The Labute approximate surface area is 103 Å². The van der Waals surface area contributed by atoms with Gasteiger partial charge in [-0.25, -0.2) is 14.2 Å². The SMILES string of the molecule is NNC(c1cccc(F)c1)c1cc(F)ccc1N. The van der Waals surface area contributed by atoms with Crippen LogP contribution in [0, 0.1) is 11.6 Å². The minimum absolute atomic E-state index is 0.386. The number of halogens is 2. The summed E-state index contributed by atoms with van der Waals surface area (Å²) in [6.45, 7) is 0. The molecule has 5 heteroatoms. The van der Waals surface area contributed by atoms with E-state index in [9.17, 15) is 8.78 Å². The van der Waals surface area contributed by atoms with Crippen LogP contribution in [0.1, 0.15) is 17.2 Å². The number of nitrogens with one attached hydrogen (secondary N) is 1. The second-order valence-electron chi connectivity index (χ2n) is 3.93. The number of nitrogen functional groups attached to an aromatic ring is 1. The molecule has 3 nitrogen and oxygen atoms in total. The fourth-order valence-electron chi connectivity index (χ4n) is 1.85. The van der Waals surface area contributed by atoms with Gasteiger partial charge in [-0.2, -0.15) is 0 Å². The van der Waals surface area contributed by atoms with Crippen LogP contribution < -0.4 is 17.0 Å². The van der Waals surface area contributed by atoms with E-state index in [1.807, 2.05) is 0 Å². The second-order valence-corrected chi connectivity index (χ2v) is 3.93. The highest BCUT2D eigenvalue weighted by atomic mass is 19.1. The number of nitrogens with two attached hydrogens (primary N) is 2. The van der Waals surface area contributed by atoms with Gasteiger partial charge in [-0.15, -0.1) is 0 Å². The van der Waals surface area contributed by atoms with Crippen molar-refractivity contribution >= 4 is 5.69 Å². The molecule has 18 heavy (non-hydrogen) atoms. The standard InChI is InChI=1S/C13H13F2N3/c14-9-3-1-2-8(6-9)13(18-17)11-7-10(15)4-5-12(11)16/h1-7,13,18H,16-17H2. The van der Waals surface area contributed by atoms with Crippen LogP contribution >= 0.6 is 0 Å². The second kappa shape index (κ2) is 5.12. The first-order chi connectivity index (χ1) is 8.61. The molecule has 0 saturated carbocycles. The summed E-state index contributed by atoms with van der Waals surface area (Å²) in [5.41, 5.74) is 9.75. The van der Waals surface area contributed by atoms with Crippen molar-refractivity contribution in [3.63, 3.8) is 0 Å². The summed E-state index contributed by atoms with van der Waals surface area (Å²) in [4.78, 5) is 0. The molecule has 1 unspecified atom stereocenters. The first-order valence-electron chi connectivity index (χ1n) is 5.38. The maximum Gasteiger partial charge on any atom is 0.123 e. The highest BCUT2D eigenvalue weighted by Gasteiger charge is 2.16. The van der Waals surface area contributed by atoms with E-state index in [2.05, 4.69) is 5.43 Å². The summed E-state index contributed by atoms with van der Waals surface area (Å²) in [6.07, 6.45) is 0. The Kier molecular flexibility index (Phi) is 3.55.